The highest BCUT2D eigenvalue weighted by molar-refractivity contribution is 9.10. The summed E-state index contributed by atoms with van der Waals surface area (Å²) in [5.74, 6) is 0.237. The molecule has 0 bridgehead atoms. The number of aryl methyl sites for hydroxylation is 1. The van der Waals surface area contributed by atoms with E-state index in [0.717, 1.165) is 10.0 Å². The first kappa shape index (κ1) is 13.8. The summed E-state index contributed by atoms with van der Waals surface area (Å²) in [6.07, 6.45) is 0. The first-order chi connectivity index (χ1) is 7.93. The highest BCUT2D eigenvalue weighted by Crippen LogP contribution is 2.29. The maximum atomic E-state index is 6.08. The molecule has 0 aliphatic rings. The SMILES string of the molecule is CN=C(N)/N=C(\N)Nc1c(C)cc(Br)cc1Cl. The fourth-order valence-corrected chi connectivity index (χ4v) is 2.21. The lowest BCUT2D eigenvalue weighted by atomic mass is 10.2. The van der Waals surface area contributed by atoms with Crippen LogP contribution >= 0.6 is 27.5 Å². The number of nitrogens with two attached hydrogens (primary N) is 2. The Bertz CT molecular complexity index is 461. The van der Waals surface area contributed by atoms with Gasteiger partial charge in [0.1, 0.15) is 0 Å². The minimum Gasteiger partial charge on any atom is -0.369 e. The standard InChI is InChI=1S/C10H13BrClN5/c1-5-3-6(11)4-7(12)8(5)16-10(14)17-9(13)15-2/h3-4H,1-2H3,(H5,13,14,15,16,17). The number of hydrogen-bond donors (Lipinski definition) is 3. The van der Waals surface area contributed by atoms with Crippen LogP contribution in [0.25, 0.3) is 0 Å². The lowest BCUT2D eigenvalue weighted by molar-refractivity contribution is 1.34. The van der Waals surface area contributed by atoms with Crippen LogP contribution in [0.15, 0.2) is 26.6 Å². The summed E-state index contributed by atoms with van der Waals surface area (Å²) < 4.78 is 0.899. The predicted molar refractivity (Wildman–Crippen MR) is 76.7 cm³/mol. The summed E-state index contributed by atoms with van der Waals surface area (Å²) in [5.41, 5.74) is 12.7. The highest BCUT2D eigenvalue weighted by Gasteiger charge is 2.07. The molecule has 0 heterocycles. The van der Waals surface area contributed by atoms with E-state index < -0.39 is 0 Å². The van der Waals surface area contributed by atoms with Crippen LogP contribution in [0.3, 0.4) is 0 Å². The molecule has 5 nitrogen and oxygen atoms in total. The van der Waals surface area contributed by atoms with Crippen LogP contribution < -0.4 is 16.8 Å². The Balaban J connectivity index is 3.00. The zero-order valence-corrected chi connectivity index (χ0v) is 11.8. The monoisotopic (exact) mass is 317 g/mol. The van der Waals surface area contributed by atoms with Crippen molar-refractivity contribution in [2.45, 2.75) is 6.92 Å². The molecule has 92 valence electrons. The molecule has 5 N–H and O–H groups in total. The van der Waals surface area contributed by atoms with Crippen LogP contribution in [0.2, 0.25) is 5.02 Å². The summed E-state index contributed by atoms with van der Waals surface area (Å²) in [6, 6.07) is 3.68. The van der Waals surface area contributed by atoms with Crippen LogP contribution in [0, 0.1) is 6.92 Å². The number of halogens is 2. The van der Waals surface area contributed by atoms with E-state index in [1.54, 1.807) is 6.07 Å². The van der Waals surface area contributed by atoms with Crippen molar-refractivity contribution in [1.82, 2.24) is 0 Å². The Morgan fingerprint density at radius 3 is 2.59 bits per heavy atom. The zero-order valence-electron chi connectivity index (χ0n) is 9.46. The van der Waals surface area contributed by atoms with Gasteiger partial charge in [-0.25, -0.2) is 0 Å². The van der Waals surface area contributed by atoms with Gasteiger partial charge in [0.2, 0.25) is 11.9 Å². The van der Waals surface area contributed by atoms with Crippen LogP contribution in [-0.4, -0.2) is 19.0 Å². The van der Waals surface area contributed by atoms with Gasteiger partial charge in [-0.05, 0) is 24.6 Å². The smallest absolute Gasteiger partial charge is 0.218 e. The van der Waals surface area contributed by atoms with E-state index in [1.807, 2.05) is 13.0 Å². The topological polar surface area (TPSA) is 88.8 Å². The van der Waals surface area contributed by atoms with E-state index in [4.69, 9.17) is 23.1 Å². The molecule has 0 fully saturated rings. The Morgan fingerprint density at radius 1 is 1.41 bits per heavy atom. The molecule has 0 saturated heterocycles. The van der Waals surface area contributed by atoms with Crippen LogP contribution in [0.5, 0.6) is 0 Å². The van der Waals surface area contributed by atoms with Crippen molar-refractivity contribution in [2.75, 3.05) is 12.4 Å². The Kier molecular flexibility index (Phi) is 4.77. The molecule has 7 heteroatoms. The van der Waals surface area contributed by atoms with Crippen molar-refractivity contribution in [3.8, 4) is 0 Å². The average Bonchev–Trinajstić information content (AvgIpc) is 2.23. The number of nitrogens with one attached hydrogen (secondary N) is 1. The first-order valence-electron chi connectivity index (χ1n) is 4.73. The maximum Gasteiger partial charge on any atom is 0.218 e. The van der Waals surface area contributed by atoms with Gasteiger partial charge in [0.15, 0.2) is 0 Å². The van der Waals surface area contributed by atoms with E-state index in [2.05, 4.69) is 31.2 Å². The summed E-state index contributed by atoms with van der Waals surface area (Å²) in [6.45, 7) is 1.91. The molecular formula is C10H13BrClN5. The number of guanidine groups is 2. The summed E-state index contributed by atoms with van der Waals surface area (Å²) in [7, 11) is 1.53. The van der Waals surface area contributed by atoms with Gasteiger partial charge in [0.05, 0.1) is 10.7 Å². The quantitative estimate of drug-likeness (QED) is 0.547. The average molecular weight is 319 g/mol. The van der Waals surface area contributed by atoms with Crippen molar-refractivity contribution in [3.05, 3.63) is 27.2 Å². The van der Waals surface area contributed by atoms with Crippen LogP contribution in [0.4, 0.5) is 5.69 Å². The molecule has 0 amide bonds. The van der Waals surface area contributed by atoms with Crippen LogP contribution in [0.1, 0.15) is 5.56 Å². The molecule has 0 saturated carbocycles. The second-order valence-electron chi connectivity index (χ2n) is 3.28. The third-order valence-corrected chi connectivity index (χ3v) is 2.73. The van der Waals surface area contributed by atoms with Gasteiger partial charge in [-0.1, -0.05) is 27.5 Å². The van der Waals surface area contributed by atoms with E-state index in [1.165, 1.54) is 7.05 Å². The van der Waals surface area contributed by atoms with Gasteiger partial charge in [-0.15, -0.1) is 0 Å². The molecule has 17 heavy (non-hydrogen) atoms. The largest absolute Gasteiger partial charge is 0.369 e. The molecule has 1 aromatic carbocycles. The second-order valence-corrected chi connectivity index (χ2v) is 4.61. The Hall–Kier alpha value is -1.27. The van der Waals surface area contributed by atoms with Crippen molar-refractivity contribution in [2.24, 2.45) is 21.5 Å². The van der Waals surface area contributed by atoms with Gasteiger partial charge >= 0.3 is 0 Å². The molecule has 0 aliphatic heterocycles. The maximum absolute atomic E-state index is 6.08. The Morgan fingerprint density at radius 2 is 2.06 bits per heavy atom. The van der Waals surface area contributed by atoms with Crippen molar-refractivity contribution in [3.63, 3.8) is 0 Å². The Labute approximate surface area is 113 Å². The summed E-state index contributed by atoms with van der Waals surface area (Å²) >= 11 is 9.44. The van der Waals surface area contributed by atoms with Gasteiger partial charge in [0.25, 0.3) is 0 Å². The molecule has 0 aromatic heterocycles. The molecule has 0 radical (unpaired) electrons. The fraction of sp³-hybridized carbons (Fsp3) is 0.200. The number of hydrogen-bond acceptors (Lipinski definition) is 1. The van der Waals surface area contributed by atoms with Gasteiger partial charge in [-0.3, -0.25) is 4.99 Å². The van der Waals surface area contributed by atoms with Crippen molar-refractivity contribution >= 4 is 45.1 Å². The lowest BCUT2D eigenvalue weighted by Gasteiger charge is -2.11. The molecule has 0 unspecified atom stereocenters. The fourth-order valence-electron chi connectivity index (χ4n) is 1.19. The van der Waals surface area contributed by atoms with E-state index >= 15 is 0 Å². The predicted octanol–water partition coefficient (Wildman–Crippen LogP) is 2.08. The molecule has 1 aromatic rings. The van der Waals surface area contributed by atoms with E-state index in [-0.39, 0.29) is 11.9 Å². The number of anilines is 1. The third-order valence-electron chi connectivity index (χ3n) is 1.97. The van der Waals surface area contributed by atoms with Gasteiger partial charge < -0.3 is 16.8 Å². The summed E-state index contributed by atoms with van der Waals surface area (Å²) in [4.78, 5) is 7.51. The minimum atomic E-state index is 0.0980. The van der Waals surface area contributed by atoms with Crippen molar-refractivity contribution in [1.29, 1.82) is 0 Å². The molecular weight excluding hydrogens is 306 g/mol. The minimum absolute atomic E-state index is 0.0980. The van der Waals surface area contributed by atoms with E-state index in [9.17, 15) is 0 Å². The van der Waals surface area contributed by atoms with Crippen LogP contribution in [-0.2, 0) is 0 Å². The summed E-state index contributed by atoms with van der Waals surface area (Å²) in [5, 5.41) is 3.43. The number of nitrogens with zero attached hydrogens (tertiary/aromatic N) is 2. The number of rotatable bonds is 1. The molecule has 1 rings (SSSR count). The lowest BCUT2D eigenvalue weighted by Crippen LogP contribution is -2.26. The van der Waals surface area contributed by atoms with E-state index in [0.29, 0.717) is 10.7 Å². The number of benzene rings is 1. The molecule has 0 spiro atoms. The highest BCUT2D eigenvalue weighted by atomic mass is 79.9. The first-order valence-corrected chi connectivity index (χ1v) is 5.90. The normalized spacial score (nSPS) is 12.7. The number of aliphatic imine (C=N–C) groups is 2. The molecule has 0 atom stereocenters. The van der Waals surface area contributed by atoms with Crippen molar-refractivity contribution < 1.29 is 0 Å². The van der Waals surface area contributed by atoms with Gasteiger partial charge in [0, 0.05) is 11.5 Å². The molecule has 0 aliphatic carbocycles. The van der Waals surface area contributed by atoms with Gasteiger partial charge in [-0.2, -0.15) is 4.99 Å². The zero-order chi connectivity index (χ0) is 13.0. The third kappa shape index (κ3) is 3.90. The second kappa shape index (κ2) is 5.88.